The number of carbonyl (C=O) groups is 1. The fourth-order valence-corrected chi connectivity index (χ4v) is 1.64. The summed E-state index contributed by atoms with van der Waals surface area (Å²) in [4.78, 5) is 15.2. The number of aromatic nitrogens is 3. The monoisotopic (exact) mass is 231 g/mol. The minimum absolute atomic E-state index is 0.402. The molecule has 17 heavy (non-hydrogen) atoms. The highest BCUT2D eigenvalue weighted by Crippen LogP contribution is 2.13. The Bertz CT molecular complexity index is 507. The van der Waals surface area contributed by atoms with E-state index >= 15 is 0 Å². The Hall–Kier alpha value is -2.17. The molecule has 1 N–H and O–H groups in total. The van der Waals surface area contributed by atoms with Gasteiger partial charge in [0.1, 0.15) is 12.2 Å². The average Bonchev–Trinajstić information content (AvgIpc) is 2.73. The number of nitrogens with zero attached hydrogens (tertiary/aromatic N) is 3. The van der Waals surface area contributed by atoms with Gasteiger partial charge < -0.3 is 5.11 Å². The van der Waals surface area contributed by atoms with Gasteiger partial charge in [-0.15, -0.1) is 0 Å². The summed E-state index contributed by atoms with van der Waals surface area (Å²) in [6.45, 7) is 1.73. The Labute approximate surface area is 98.7 Å². The Morgan fingerprint density at radius 2 is 2.12 bits per heavy atom. The first-order valence-corrected chi connectivity index (χ1v) is 5.31. The highest BCUT2D eigenvalue weighted by Gasteiger charge is 2.21. The number of aryl methyl sites for hydroxylation is 1. The van der Waals surface area contributed by atoms with Gasteiger partial charge in [-0.05, 0) is 12.5 Å². The van der Waals surface area contributed by atoms with Crippen LogP contribution in [0, 0.1) is 6.92 Å². The standard InChI is InChI=1S/C12H13N3O2/c1-9-13-8-15(14-9)11(12(16)17)7-10-5-3-2-4-6-10/h2-6,8,11H,7H2,1H3,(H,16,17). The average molecular weight is 231 g/mol. The van der Waals surface area contributed by atoms with Crippen molar-refractivity contribution in [1.82, 2.24) is 14.8 Å². The third-order valence-electron chi connectivity index (χ3n) is 2.50. The maximum Gasteiger partial charge on any atom is 0.328 e. The molecule has 1 aromatic heterocycles. The van der Waals surface area contributed by atoms with Crippen molar-refractivity contribution in [3.8, 4) is 0 Å². The van der Waals surface area contributed by atoms with Gasteiger partial charge in [-0.2, -0.15) is 5.10 Å². The Morgan fingerprint density at radius 1 is 1.41 bits per heavy atom. The Morgan fingerprint density at radius 3 is 2.65 bits per heavy atom. The van der Waals surface area contributed by atoms with E-state index < -0.39 is 12.0 Å². The van der Waals surface area contributed by atoms with Crippen LogP contribution in [0.5, 0.6) is 0 Å². The summed E-state index contributed by atoms with van der Waals surface area (Å²) in [5.41, 5.74) is 0.966. The van der Waals surface area contributed by atoms with Gasteiger partial charge in [0.25, 0.3) is 0 Å². The number of rotatable bonds is 4. The largest absolute Gasteiger partial charge is 0.480 e. The van der Waals surface area contributed by atoms with Crippen LogP contribution in [0.25, 0.3) is 0 Å². The lowest BCUT2D eigenvalue weighted by atomic mass is 10.1. The van der Waals surface area contributed by atoms with E-state index in [1.807, 2.05) is 30.3 Å². The SMILES string of the molecule is Cc1ncn(C(Cc2ccccc2)C(=O)O)n1. The van der Waals surface area contributed by atoms with Crippen molar-refractivity contribution in [3.63, 3.8) is 0 Å². The zero-order chi connectivity index (χ0) is 12.3. The molecule has 2 rings (SSSR count). The van der Waals surface area contributed by atoms with Gasteiger partial charge in [0.15, 0.2) is 6.04 Å². The lowest BCUT2D eigenvalue weighted by Gasteiger charge is -2.12. The first kappa shape index (κ1) is 11.3. The predicted octanol–water partition coefficient (Wildman–Crippen LogP) is 1.45. The maximum atomic E-state index is 11.2. The van der Waals surface area contributed by atoms with Gasteiger partial charge in [0, 0.05) is 6.42 Å². The molecule has 0 aliphatic rings. The zero-order valence-electron chi connectivity index (χ0n) is 9.45. The van der Waals surface area contributed by atoms with Crippen LogP contribution in [0.3, 0.4) is 0 Å². The lowest BCUT2D eigenvalue weighted by Crippen LogP contribution is -2.22. The quantitative estimate of drug-likeness (QED) is 0.864. The van der Waals surface area contributed by atoms with Crippen LogP contribution in [0.1, 0.15) is 17.4 Å². The molecule has 1 aromatic carbocycles. The summed E-state index contributed by atoms with van der Waals surface area (Å²) in [7, 11) is 0. The minimum Gasteiger partial charge on any atom is -0.480 e. The molecule has 0 amide bonds. The lowest BCUT2D eigenvalue weighted by molar-refractivity contribution is -0.141. The predicted molar refractivity (Wildman–Crippen MR) is 61.6 cm³/mol. The summed E-state index contributed by atoms with van der Waals surface area (Å²) >= 11 is 0. The molecule has 1 unspecified atom stereocenters. The number of benzene rings is 1. The van der Waals surface area contributed by atoms with E-state index in [2.05, 4.69) is 10.1 Å². The molecule has 0 aliphatic heterocycles. The molecule has 0 saturated heterocycles. The first-order chi connectivity index (χ1) is 8.16. The van der Waals surface area contributed by atoms with E-state index in [1.54, 1.807) is 6.92 Å². The molecule has 0 radical (unpaired) electrons. The molecule has 5 heteroatoms. The van der Waals surface area contributed by atoms with Crippen molar-refractivity contribution >= 4 is 5.97 Å². The van der Waals surface area contributed by atoms with Crippen molar-refractivity contribution in [2.24, 2.45) is 0 Å². The highest BCUT2D eigenvalue weighted by atomic mass is 16.4. The summed E-state index contributed by atoms with van der Waals surface area (Å²) in [5, 5.41) is 13.3. The molecule has 2 aromatic rings. The molecular formula is C12H13N3O2. The molecule has 1 heterocycles. The van der Waals surface area contributed by atoms with Gasteiger partial charge in [0.05, 0.1) is 0 Å². The third-order valence-corrected chi connectivity index (χ3v) is 2.50. The van der Waals surface area contributed by atoms with E-state index in [-0.39, 0.29) is 0 Å². The van der Waals surface area contributed by atoms with Gasteiger partial charge in [-0.25, -0.2) is 14.5 Å². The summed E-state index contributed by atoms with van der Waals surface area (Å²) in [6, 6.07) is 8.78. The van der Waals surface area contributed by atoms with Crippen LogP contribution < -0.4 is 0 Å². The van der Waals surface area contributed by atoms with E-state index in [4.69, 9.17) is 0 Å². The number of hydrogen-bond acceptors (Lipinski definition) is 3. The van der Waals surface area contributed by atoms with Crippen molar-refractivity contribution in [1.29, 1.82) is 0 Å². The Balaban J connectivity index is 2.22. The summed E-state index contributed by atoms with van der Waals surface area (Å²) in [5.74, 6) is -0.330. The highest BCUT2D eigenvalue weighted by molar-refractivity contribution is 5.72. The maximum absolute atomic E-state index is 11.2. The van der Waals surface area contributed by atoms with E-state index in [1.165, 1.54) is 11.0 Å². The van der Waals surface area contributed by atoms with Crippen molar-refractivity contribution < 1.29 is 9.90 Å². The molecule has 0 fully saturated rings. The van der Waals surface area contributed by atoms with Crippen LogP contribution in [0.2, 0.25) is 0 Å². The van der Waals surface area contributed by atoms with E-state index in [9.17, 15) is 9.90 Å². The van der Waals surface area contributed by atoms with Crippen LogP contribution in [-0.2, 0) is 11.2 Å². The molecular weight excluding hydrogens is 218 g/mol. The van der Waals surface area contributed by atoms with Crippen LogP contribution >= 0.6 is 0 Å². The minimum atomic E-state index is -0.904. The number of carboxylic acids is 1. The number of carboxylic acid groups (broad SMARTS) is 1. The van der Waals surface area contributed by atoms with Crippen molar-refractivity contribution in [3.05, 3.63) is 48.0 Å². The molecule has 1 atom stereocenters. The van der Waals surface area contributed by atoms with Gasteiger partial charge in [0.2, 0.25) is 0 Å². The Kier molecular flexibility index (Phi) is 3.18. The molecule has 5 nitrogen and oxygen atoms in total. The summed E-state index contributed by atoms with van der Waals surface area (Å²) < 4.78 is 1.39. The second-order valence-electron chi connectivity index (χ2n) is 3.82. The molecule has 0 aliphatic carbocycles. The molecule has 0 bridgehead atoms. The van der Waals surface area contributed by atoms with Crippen LogP contribution in [-0.4, -0.2) is 25.8 Å². The van der Waals surface area contributed by atoms with Crippen molar-refractivity contribution in [2.75, 3.05) is 0 Å². The number of aliphatic carboxylic acids is 1. The molecule has 88 valence electrons. The normalized spacial score (nSPS) is 12.3. The fourth-order valence-electron chi connectivity index (χ4n) is 1.64. The van der Waals surface area contributed by atoms with E-state index in [0.29, 0.717) is 12.2 Å². The molecule has 0 spiro atoms. The molecule has 0 saturated carbocycles. The van der Waals surface area contributed by atoms with Crippen molar-refractivity contribution in [2.45, 2.75) is 19.4 Å². The summed E-state index contributed by atoms with van der Waals surface area (Å²) in [6.07, 6.45) is 1.86. The van der Waals surface area contributed by atoms with Gasteiger partial charge in [-0.1, -0.05) is 30.3 Å². The first-order valence-electron chi connectivity index (χ1n) is 5.31. The third kappa shape index (κ3) is 2.69. The van der Waals surface area contributed by atoms with Crippen LogP contribution in [0.15, 0.2) is 36.7 Å². The van der Waals surface area contributed by atoms with E-state index in [0.717, 1.165) is 5.56 Å². The second kappa shape index (κ2) is 4.78. The van der Waals surface area contributed by atoms with Gasteiger partial charge in [-0.3, -0.25) is 0 Å². The van der Waals surface area contributed by atoms with Gasteiger partial charge >= 0.3 is 5.97 Å². The smallest absolute Gasteiger partial charge is 0.328 e. The topological polar surface area (TPSA) is 68.0 Å². The zero-order valence-corrected chi connectivity index (χ0v) is 9.45. The second-order valence-corrected chi connectivity index (χ2v) is 3.82. The number of hydrogen-bond donors (Lipinski definition) is 1. The van der Waals surface area contributed by atoms with Crippen LogP contribution in [0.4, 0.5) is 0 Å². The fraction of sp³-hybridized carbons (Fsp3) is 0.250.